The Kier molecular flexibility index (Phi) is 4.38. The van der Waals surface area contributed by atoms with Crippen molar-refractivity contribution in [1.29, 1.82) is 0 Å². The molecule has 7 heteroatoms. The maximum Gasteiger partial charge on any atom is 0.221 e. The van der Waals surface area contributed by atoms with Crippen molar-refractivity contribution in [3.63, 3.8) is 0 Å². The van der Waals surface area contributed by atoms with Crippen LogP contribution in [-0.4, -0.2) is 24.2 Å². The van der Waals surface area contributed by atoms with Crippen molar-refractivity contribution in [2.75, 3.05) is 0 Å². The molecule has 0 spiro atoms. The summed E-state index contributed by atoms with van der Waals surface area (Å²) in [6.07, 6.45) is 2.90. The van der Waals surface area contributed by atoms with E-state index in [-0.39, 0.29) is 27.0 Å². The number of aromatic nitrogens is 2. The standard InChI is InChI=1S/C17H13BrN2O3S/c1-11-2-5-14(6-3-11)24(22,23)16-8-12(9-20-16)17(21)15-7-4-13(18)10-19-15/h2-10,20H,1H3. The molecule has 2 heterocycles. The molecule has 0 radical (unpaired) electrons. The van der Waals surface area contributed by atoms with E-state index >= 15 is 0 Å². The van der Waals surface area contributed by atoms with Crippen LogP contribution in [0.1, 0.15) is 21.6 Å². The number of carbonyl (C=O) groups excluding carboxylic acids is 1. The number of pyridine rings is 1. The molecular formula is C17H13BrN2O3S. The number of halogens is 1. The van der Waals surface area contributed by atoms with Crippen molar-refractivity contribution in [2.45, 2.75) is 16.8 Å². The fourth-order valence-electron chi connectivity index (χ4n) is 2.16. The van der Waals surface area contributed by atoms with E-state index in [0.717, 1.165) is 10.0 Å². The van der Waals surface area contributed by atoms with Gasteiger partial charge < -0.3 is 4.98 Å². The summed E-state index contributed by atoms with van der Waals surface area (Å²) in [7, 11) is -3.69. The minimum Gasteiger partial charge on any atom is -0.351 e. The lowest BCUT2D eigenvalue weighted by molar-refractivity contribution is 0.103. The summed E-state index contributed by atoms with van der Waals surface area (Å²) in [6.45, 7) is 1.88. The summed E-state index contributed by atoms with van der Waals surface area (Å²) < 4.78 is 26.0. The lowest BCUT2D eigenvalue weighted by atomic mass is 10.1. The van der Waals surface area contributed by atoms with E-state index in [1.54, 1.807) is 36.4 Å². The summed E-state index contributed by atoms with van der Waals surface area (Å²) in [5.41, 5.74) is 1.46. The first-order valence-electron chi connectivity index (χ1n) is 7.04. The number of H-pyrrole nitrogens is 1. The van der Waals surface area contributed by atoms with Crippen LogP contribution in [0.5, 0.6) is 0 Å². The zero-order valence-electron chi connectivity index (χ0n) is 12.7. The topological polar surface area (TPSA) is 79.9 Å². The third-order valence-corrected chi connectivity index (χ3v) is 5.68. The highest BCUT2D eigenvalue weighted by Gasteiger charge is 2.22. The number of carbonyl (C=O) groups is 1. The molecule has 0 aliphatic rings. The zero-order chi connectivity index (χ0) is 17.3. The second-order valence-electron chi connectivity index (χ2n) is 5.26. The van der Waals surface area contributed by atoms with Crippen molar-refractivity contribution < 1.29 is 13.2 Å². The lowest BCUT2D eigenvalue weighted by Crippen LogP contribution is -2.03. The number of nitrogens with zero attached hydrogens (tertiary/aromatic N) is 1. The van der Waals surface area contributed by atoms with Crippen LogP contribution in [0, 0.1) is 6.92 Å². The van der Waals surface area contributed by atoms with Gasteiger partial charge >= 0.3 is 0 Å². The molecule has 0 unspecified atom stereocenters. The molecule has 3 rings (SSSR count). The number of benzene rings is 1. The van der Waals surface area contributed by atoms with Gasteiger partial charge in [0.15, 0.2) is 0 Å². The summed E-state index contributed by atoms with van der Waals surface area (Å²) in [6, 6.07) is 11.2. The molecule has 122 valence electrons. The smallest absolute Gasteiger partial charge is 0.221 e. The van der Waals surface area contributed by atoms with Crippen LogP contribution in [0.3, 0.4) is 0 Å². The van der Waals surface area contributed by atoms with E-state index in [1.807, 2.05) is 6.92 Å². The van der Waals surface area contributed by atoms with E-state index in [2.05, 4.69) is 25.9 Å². The molecule has 0 bridgehead atoms. The number of aromatic amines is 1. The Labute approximate surface area is 147 Å². The van der Waals surface area contributed by atoms with Gasteiger partial charge in [-0.25, -0.2) is 8.42 Å². The highest BCUT2D eigenvalue weighted by molar-refractivity contribution is 9.10. The number of ketones is 1. The van der Waals surface area contributed by atoms with Crippen molar-refractivity contribution in [2.24, 2.45) is 0 Å². The molecule has 0 saturated heterocycles. The van der Waals surface area contributed by atoms with Gasteiger partial charge in [0.25, 0.3) is 0 Å². The summed E-state index contributed by atoms with van der Waals surface area (Å²) in [4.78, 5) is 19.3. The van der Waals surface area contributed by atoms with Crippen LogP contribution in [0.4, 0.5) is 0 Å². The average Bonchev–Trinajstić information content (AvgIpc) is 3.06. The van der Waals surface area contributed by atoms with Crippen molar-refractivity contribution in [1.82, 2.24) is 9.97 Å². The van der Waals surface area contributed by atoms with Crippen molar-refractivity contribution in [3.8, 4) is 0 Å². The number of aryl methyl sites for hydroxylation is 1. The molecule has 0 amide bonds. The molecule has 1 N–H and O–H groups in total. The fraction of sp³-hybridized carbons (Fsp3) is 0.0588. The average molecular weight is 405 g/mol. The van der Waals surface area contributed by atoms with Crippen LogP contribution in [0.2, 0.25) is 0 Å². The second-order valence-corrected chi connectivity index (χ2v) is 8.09. The molecule has 0 aliphatic carbocycles. The van der Waals surface area contributed by atoms with Gasteiger partial charge in [-0.1, -0.05) is 17.7 Å². The highest BCUT2D eigenvalue weighted by Crippen LogP contribution is 2.22. The van der Waals surface area contributed by atoms with E-state index in [9.17, 15) is 13.2 Å². The molecular weight excluding hydrogens is 392 g/mol. The SMILES string of the molecule is Cc1ccc(S(=O)(=O)c2cc(C(=O)c3ccc(Br)cn3)c[nH]2)cc1. The van der Waals surface area contributed by atoms with Crippen LogP contribution >= 0.6 is 15.9 Å². The lowest BCUT2D eigenvalue weighted by Gasteiger charge is -2.02. The van der Waals surface area contributed by atoms with E-state index in [1.165, 1.54) is 18.5 Å². The van der Waals surface area contributed by atoms with Gasteiger partial charge in [-0.2, -0.15) is 0 Å². The normalized spacial score (nSPS) is 11.4. The second kappa shape index (κ2) is 6.33. The third kappa shape index (κ3) is 3.18. The van der Waals surface area contributed by atoms with Crippen LogP contribution < -0.4 is 0 Å². The maximum atomic E-state index is 12.6. The quantitative estimate of drug-likeness (QED) is 0.674. The molecule has 0 atom stereocenters. The molecule has 3 aromatic rings. The molecule has 1 aromatic carbocycles. The first kappa shape index (κ1) is 16.6. The zero-order valence-corrected chi connectivity index (χ0v) is 15.1. The van der Waals surface area contributed by atoms with Crippen LogP contribution in [-0.2, 0) is 9.84 Å². The highest BCUT2D eigenvalue weighted by atomic mass is 79.9. The van der Waals surface area contributed by atoms with Crippen molar-refractivity contribution in [3.05, 3.63) is 76.2 Å². The molecule has 0 aliphatic heterocycles. The number of nitrogens with one attached hydrogen (secondary N) is 1. The Bertz CT molecular complexity index is 991. The monoisotopic (exact) mass is 404 g/mol. The number of hydrogen-bond acceptors (Lipinski definition) is 4. The van der Waals surface area contributed by atoms with Crippen LogP contribution in [0.15, 0.2) is 69.3 Å². The number of rotatable bonds is 4. The largest absolute Gasteiger partial charge is 0.351 e. The molecule has 24 heavy (non-hydrogen) atoms. The van der Waals surface area contributed by atoms with Gasteiger partial charge in [0.05, 0.1) is 4.90 Å². The van der Waals surface area contributed by atoms with Gasteiger partial charge in [0, 0.05) is 22.4 Å². The van der Waals surface area contributed by atoms with Gasteiger partial charge in [0.2, 0.25) is 15.6 Å². The molecule has 5 nitrogen and oxygen atoms in total. The van der Waals surface area contributed by atoms with Gasteiger partial charge in [0.1, 0.15) is 10.7 Å². The molecule has 0 fully saturated rings. The van der Waals surface area contributed by atoms with E-state index in [0.29, 0.717) is 0 Å². The van der Waals surface area contributed by atoms with Gasteiger partial charge in [-0.15, -0.1) is 0 Å². The number of sulfone groups is 1. The summed E-state index contributed by atoms with van der Waals surface area (Å²) >= 11 is 3.25. The van der Waals surface area contributed by atoms with E-state index in [4.69, 9.17) is 0 Å². The first-order chi connectivity index (χ1) is 11.4. The van der Waals surface area contributed by atoms with Crippen molar-refractivity contribution >= 4 is 31.6 Å². The fourth-order valence-corrected chi connectivity index (χ4v) is 3.64. The summed E-state index contributed by atoms with van der Waals surface area (Å²) in [5.74, 6) is -0.343. The minimum atomic E-state index is -3.69. The Balaban J connectivity index is 1.94. The molecule has 0 saturated carbocycles. The number of hydrogen-bond donors (Lipinski definition) is 1. The third-order valence-electron chi connectivity index (χ3n) is 3.50. The predicted molar refractivity (Wildman–Crippen MR) is 92.8 cm³/mol. The summed E-state index contributed by atoms with van der Waals surface area (Å²) in [5, 5.41) is -0.0215. The maximum absolute atomic E-state index is 12.6. The predicted octanol–water partition coefficient (Wildman–Crippen LogP) is 3.54. The first-order valence-corrected chi connectivity index (χ1v) is 9.32. The molecule has 2 aromatic heterocycles. The van der Waals surface area contributed by atoms with Crippen LogP contribution in [0.25, 0.3) is 0 Å². The Morgan fingerprint density at radius 3 is 2.46 bits per heavy atom. The van der Waals surface area contributed by atoms with Gasteiger partial charge in [-0.05, 0) is 53.2 Å². The Hall–Kier alpha value is -2.25. The Morgan fingerprint density at radius 2 is 1.83 bits per heavy atom. The van der Waals surface area contributed by atoms with Gasteiger partial charge in [-0.3, -0.25) is 9.78 Å². The Morgan fingerprint density at radius 1 is 1.12 bits per heavy atom. The van der Waals surface area contributed by atoms with E-state index < -0.39 is 9.84 Å². The minimum absolute atomic E-state index is 0.0215.